The molecule has 6 N–H and O–H groups in total. The smallest absolute Gasteiger partial charge is 0.411 e. The summed E-state index contributed by atoms with van der Waals surface area (Å²) in [7, 11) is 7.62. The van der Waals surface area contributed by atoms with Crippen molar-refractivity contribution in [2.75, 3.05) is 148 Å². The molecule has 0 radical (unpaired) electrons. The van der Waals surface area contributed by atoms with Crippen LogP contribution in [-0.2, 0) is 30.3 Å². The number of fused-ring (bicyclic) bond motifs is 1. The molecule has 7 amide bonds. The number of primary amides is 1. The number of ether oxygens (including phenoxy) is 5. The first-order chi connectivity index (χ1) is 61.2. The predicted molar refractivity (Wildman–Crippen MR) is 496 cm³/mol. The Balaban J connectivity index is 0.000000164. The minimum Gasteiger partial charge on any atom is -0.497 e. The molecule has 1 atom stereocenters. The average Bonchev–Trinajstić information content (AvgIpc) is 1.63. The van der Waals surface area contributed by atoms with Crippen LogP contribution in [0.3, 0.4) is 0 Å². The Hall–Kier alpha value is -12.8. The predicted octanol–water partition coefficient (Wildman–Crippen LogP) is 17.4. The number of hydrogen-bond donors (Lipinski definition) is 5. The fourth-order valence-electron chi connectivity index (χ4n) is 16.8. The molecule has 5 aliphatic heterocycles. The highest BCUT2D eigenvalue weighted by Crippen LogP contribution is 2.34. The average molecular weight is 1700 g/mol. The SMILES string of the molecule is C=C(CN1CCC(OC(=O)Nc2ccccc2-c2ccccc2)CC1)CN1CCC(OC(=O)Nc2ccccc2-c2ccccc2)CC1.COc1ccc(CN(C)CCN2CCC(OC(=O)Nc3ccccc3-c3ccccc3)CC2)cc1.C[N+](C)(CCN1C(=O)c2ccccc2C1=O)C(CN1CCC(OC(=O)Nc2ccccc2-c2ccccc2)CC1)C(N)=O. The summed E-state index contributed by atoms with van der Waals surface area (Å²) in [5.41, 5.74) is 20.0. The fraction of sp³-hybridized carbons (Fsp3) is 0.324. The highest BCUT2D eigenvalue weighted by Gasteiger charge is 2.41. The van der Waals surface area contributed by atoms with E-state index in [1.165, 1.54) is 16.0 Å². The monoisotopic (exact) mass is 1700 g/mol. The molecule has 4 fully saturated rings. The van der Waals surface area contributed by atoms with Gasteiger partial charge < -0.3 is 43.7 Å². The number of methoxy groups -OCH3 is 1. The number of amides is 7. The topological polar surface area (TPSA) is 259 Å². The molecule has 10 aromatic carbocycles. The number of nitrogens with zero attached hydrogens (tertiary/aromatic N) is 7. The number of rotatable bonds is 29. The zero-order chi connectivity index (χ0) is 88.2. The number of carbonyl (C=O) groups is 7. The molecule has 0 saturated carbocycles. The Morgan fingerprint density at radius 2 is 0.698 bits per heavy atom. The van der Waals surface area contributed by atoms with E-state index in [0.717, 1.165) is 178 Å². The van der Waals surface area contributed by atoms with Crippen LogP contribution in [0.2, 0.25) is 0 Å². The van der Waals surface area contributed by atoms with Crippen LogP contribution in [-0.4, -0.2) is 233 Å². The van der Waals surface area contributed by atoms with Crippen molar-refractivity contribution in [2.24, 2.45) is 5.73 Å². The number of likely N-dealkylation sites (N-methyl/N-ethyl adjacent to an activating group) is 2. The van der Waals surface area contributed by atoms with E-state index in [-0.39, 0.29) is 53.4 Å². The molecule has 10 aromatic rings. The summed E-state index contributed by atoms with van der Waals surface area (Å²) in [6.07, 6.45) is 3.92. The highest BCUT2D eigenvalue weighted by atomic mass is 16.6. The number of benzene rings is 10. The number of imide groups is 1. The maximum absolute atomic E-state index is 12.8. The normalized spacial score (nSPS) is 15.9. The number of nitrogens with one attached hydrogen (secondary N) is 4. The van der Waals surface area contributed by atoms with E-state index < -0.39 is 30.2 Å². The van der Waals surface area contributed by atoms with E-state index in [9.17, 15) is 33.6 Å². The van der Waals surface area contributed by atoms with Crippen LogP contribution in [0.5, 0.6) is 5.75 Å². The minimum atomic E-state index is -0.551. The van der Waals surface area contributed by atoms with E-state index in [2.05, 4.69) is 71.5 Å². The zero-order valence-electron chi connectivity index (χ0n) is 72.6. The summed E-state index contributed by atoms with van der Waals surface area (Å²) in [6, 6.07) is 85.4. The summed E-state index contributed by atoms with van der Waals surface area (Å²) >= 11 is 0. The maximum atomic E-state index is 12.8. The molecule has 15 rings (SSSR count). The number of hydrogen-bond acceptors (Lipinski definition) is 17. The second-order valence-electron chi connectivity index (χ2n) is 33.3. The standard InChI is InChI=1S/C40H44N4O4.C33H37N5O5.C29H35N3O3/c1-30(28-43-24-20-33(21-25-43)47-39(45)41-37-18-10-8-16-35(37)31-12-4-2-5-13-31)29-44-26-22-34(23-27-44)48-40(46)42-38-19-11-9-17-36(38)32-14-6-3-7-15-32;1-38(2,21-20-37-31(40)26-13-6-7-14-27(26)32(37)41)29(30(34)39)22-36-18-16-24(17-19-36)43-33(42)35-28-15-9-8-12-25(28)23-10-4-3-5-11-23;1-31(22-23-12-14-25(34-2)15-13-23)20-21-32-18-16-26(17-19-32)35-29(33)30-28-11-7-6-10-27(28)24-8-4-3-5-9-24/h2-19,33-34H,1,20-29H2,(H,41,45)(H,42,46);3-15,24,29H,16-22H2,1-2H3,(H2-,34,35,39,42);3-15,26H,16-22H2,1-2H3,(H,30,33)/p+1. The lowest BCUT2D eigenvalue weighted by molar-refractivity contribution is -0.904. The van der Waals surface area contributed by atoms with Crippen LogP contribution in [0.4, 0.5) is 41.9 Å². The van der Waals surface area contributed by atoms with Gasteiger partial charge in [-0.1, -0.05) is 225 Å². The Morgan fingerprint density at radius 3 is 1.02 bits per heavy atom. The van der Waals surface area contributed by atoms with Crippen molar-refractivity contribution < 1.29 is 61.7 Å². The Kier molecular flexibility index (Phi) is 32.6. The van der Waals surface area contributed by atoms with Gasteiger partial charge in [0.1, 0.15) is 30.2 Å². The van der Waals surface area contributed by atoms with Gasteiger partial charge in [-0.3, -0.25) is 55.3 Å². The quantitative estimate of drug-likeness (QED) is 0.0126. The molecule has 24 heteroatoms. The number of nitrogens with two attached hydrogens (primary N) is 1. The molecule has 0 aromatic heterocycles. The lowest BCUT2D eigenvalue weighted by Gasteiger charge is -2.40. The molecule has 126 heavy (non-hydrogen) atoms. The second-order valence-corrected chi connectivity index (χ2v) is 33.3. The molecule has 0 spiro atoms. The first kappa shape index (κ1) is 90.9. The molecule has 0 aliphatic carbocycles. The maximum Gasteiger partial charge on any atom is 0.411 e. The number of quaternary nitrogens is 1. The fourth-order valence-corrected chi connectivity index (χ4v) is 16.8. The molecule has 1 unspecified atom stereocenters. The first-order valence-electron chi connectivity index (χ1n) is 43.7. The Labute approximate surface area is 739 Å². The van der Waals surface area contributed by atoms with Gasteiger partial charge in [-0.15, -0.1) is 0 Å². The van der Waals surface area contributed by atoms with Crippen molar-refractivity contribution in [2.45, 2.75) is 88.4 Å². The van der Waals surface area contributed by atoms with Crippen LogP contribution in [0.25, 0.3) is 44.5 Å². The van der Waals surface area contributed by atoms with Crippen LogP contribution in [0.1, 0.15) is 77.6 Å². The molecule has 656 valence electrons. The molecular weight excluding hydrogens is 1590 g/mol. The van der Waals surface area contributed by atoms with Crippen LogP contribution >= 0.6 is 0 Å². The van der Waals surface area contributed by atoms with Crippen molar-refractivity contribution in [1.82, 2.24) is 29.4 Å². The second kappa shape index (κ2) is 45.2. The number of likely N-dealkylation sites (tertiary alicyclic amines) is 4. The van der Waals surface area contributed by atoms with Crippen LogP contribution in [0.15, 0.2) is 279 Å². The van der Waals surface area contributed by atoms with Crippen molar-refractivity contribution in [3.8, 4) is 50.3 Å². The van der Waals surface area contributed by atoms with E-state index in [1.54, 1.807) is 31.4 Å². The van der Waals surface area contributed by atoms with Gasteiger partial charge in [0.05, 0.1) is 74.7 Å². The van der Waals surface area contributed by atoms with Crippen molar-refractivity contribution in [1.29, 1.82) is 0 Å². The van der Waals surface area contributed by atoms with Gasteiger partial charge in [-0.25, -0.2) is 19.2 Å². The van der Waals surface area contributed by atoms with Gasteiger partial charge >= 0.3 is 24.4 Å². The van der Waals surface area contributed by atoms with E-state index in [1.807, 2.05) is 245 Å². The van der Waals surface area contributed by atoms with Crippen LogP contribution in [0, 0.1) is 0 Å². The molecule has 4 saturated heterocycles. The summed E-state index contributed by atoms with van der Waals surface area (Å²) in [6.45, 7) is 16.5. The van der Waals surface area contributed by atoms with E-state index in [4.69, 9.17) is 29.4 Å². The van der Waals surface area contributed by atoms with Crippen molar-refractivity contribution >= 4 is 64.8 Å². The molecular formula is C102H117N12O12+. The molecule has 0 bridgehead atoms. The number of carbonyl (C=O) groups excluding carboxylic acids is 7. The van der Waals surface area contributed by atoms with Gasteiger partial charge in [-0.05, 0) is 140 Å². The third kappa shape index (κ3) is 26.2. The Morgan fingerprint density at radius 1 is 0.405 bits per heavy atom. The first-order valence-corrected chi connectivity index (χ1v) is 43.7. The zero-order valence-corrected chi connectivity index (χ0v) is 72.6. The lowest BCUT2D eigenvalue weighted by Crippen LogP contribution is -2.62. The van der Waals surface area contributed by atoms with E-state index in [0.29, 0.717) is 55.8 Å². The minimum absolute atomic E-state index is 0.0489. The Bertz CT molecular complexity index is 5090. The van der Waals surface area contributed by atoms with Gasteiger partial charge in [0.25, 0.3) is 17.7 Å². The molecule has 5 aliphatic rings. The summed E-state index contributed by atoms with van der Waals surface area (Å²) < 4.78 is 28.6. The summed E-state index contributed by atoms with van der Waals surface area (Å²) in [5, 5.41) is 11.7. The number of para-hydroxylation sites is 4. The van der Waals surface area contributed by atoms with Gasteiger partial charge in [-0.2, -0.15) is 0 Å². The summed E-state index contributed by atoms with van der Waals surface area (Å²) in [4.78, 5) is 102. The number of piperidine rings is 4. The van der Waals surface area contributed by atoms with Crippen LogP contribution < -0.4 is 31.7 Å². The third-order valence-corrected chi connectivity index (χ3v) is 23.9. The number of anilines is 4. The largest absolute Gasteiger partial charge is 0.497 e. The van der Waals surface area contributed by atoms with E-state index >= 15 is 0 Å². The van der Waals surface area contributed by atoms with Gasteiger partial charge in [0.15, 0.2) is 6.04 Å². The molecule has 24 nitrogen and oxygen atoms in total. The highest BCUT2D eigenvalue weighted by molar-refractivity contribution is 6.21. The molecule has 5 heterocycles. The van der Waals surface area contributed by atoms with Crippen molar-refractivity contribution in [3.05, 3.63) is 296 Å². The third-order valence-electron chi connectivity index (χ3n) is 23.9. The van der Waals surface area contributed by atoms with Crippen molar-refractivity contribution in [3.63, 3.8) is 0 Å². The van der Waals surface area contributed by atoms with Gasteiger partial charge in [0, 0.05) is 107 Å². The summed E-state index contributed by atoms with van der Waals surface area (Å²) in [5.74, 6) is -0.186. The van der Waals surface area contributed by atoms with Gasteiger partial charge in [0.2, 0.25) is 0 Å². The lowest BCUT2D eigenvalue weighted by atomic mass is 10.0.